The summed E-state index contributed by atoms with van der Waals surface area (Å²) >= 11 is 0. The number of carbonyl (C=O) groups excluding carboxylic acids is 6. The van der Waals surface area contributed by atoms with E-state index in [1.807, 2.05) is 49.4 Å². The van der Waals surface area contributed by atoms with Crippen LogP contribution in [0.5, 0.6) is 34.5 Å². The second-order valence-electron chi connectivity index (χ2n) is 33.5. The SMILES string of the molecule is CCC(C)(C)C(=O)OC1CCOC1=O.CCC(C)C(=O)Oc1ccc(C(O)(C(F)(F)F)C(F)(F)F)cc1.CCC(C)c1ccc(O)c(C(=O)OC2(CC)CCCC2)c1.CCC(C)c1ccc(O)c(C(=O)OC2(CC)CCCC2)c1.CCC(C)c1ccc(O)c(C(=O)OC2(CC)CCCC2)c1.CCC(C)c1ccc(O)cc1.CCC(C)c1ccc(O)cc1. The van der Waals surface area contributed by atoms with Crippen molar-refractivity contribution in [1.29, 1.82) is 0 Å². The van der Waals surface area contributed by atoms with E-state index in [-0.39, 0.29) is 63.7 Å². The lowest BCUT2D eigenvalue weighted by Crippen LogP contribution is -2.53. The first-order chi connectivity index (χ1) is 57.3. The Labute approximate surface area is 719 Å². The number of cyclic esters (lactones) is 1. The van der Waals surface area contributed by atoms with Crippen molar-refractivity contribution in [2.75, 3.05) is 6.61 Å². The normalized spacial score (nSPS) is 17.1. The lowest BCUT2D eigenvalue weighted by molar-refractivity contribution is -0.376. The summed E-state index contributed by atoms with van der Waals surface area (Å²) < 4.78 is 108. The van der Waals surface area contributed by atoms with Crippen molar-refractivity contribution in [2.45, 2.75) is 343 Å². The van der Waals surface area contributed by atoms with Gasteiger partial charge in [-0.3, -0.25) is 9.59 Å². The first-order valence-electron chi connectivity index (χ1n) is 43.6. The molecule has 18 nitrogen and oxygen atoms in total. The summed E-state index contributed by atoms with van der Waals surface area (Å²) in [5, 5.41) is 57.2. The average Bonchev–Trinajstić information content (AvgIpc) is 1.35. The Morgan fingerprint density at radius 2 is 0.730 bits per heavy atom. The van der Waals surface area contributed by atoms with Crippen LogP contribution in [0.1, 0.15) is 366 Å². The maximum Gasteiger partial charge on any atom is 0.430 e. The summed E-state index contributed by atoms with van der Waals surface area (Å²) in [4.78, 5) is 71.5. The number of aromatic hydroxyl groups is 5. The van der Waals surface area contributed by atoms with Gasteiger partial charge in [-0.15, -0.1) is 0 Å². The smallest absolute Gasteiger partial charge is 0.430 e. The summed E-state index contributed by atoms with van der Waals surface area (Å²) in [6, 6.07) is 33.0. The molecule has 6 aromatic rings. The quantitative estimate of drug-likeness (QED) is 0.0127. The number of carbonyl (C=O) groups is 6. The minimum Gasteiger partial charge on any atom is -0.508 e. The molecule has 6 aromatic carbocycles. The Balaban J connectivity index is 0.000000303. The standard InChI is InChI=1S/3C18H26O3.C14H14F6O3.C10H16O4.2C10H14O/c3*1-4-13(3)14-8-9-16(19)15(12-14)17(20)21-18(5-2)10-6-7-11-18;1-3-8(2)11(21)23-10-6-4-9(5-7-10)12(22,13(15,16)17)14(18,19)20;1-4-10(2,3)9(12)14-7-5-6-13-8(7)11;2*1-3-8(2)9-4-6-10(11)7-5-9/h3*8-9,12-13,19H,4-7,10-11H2,1-3H3;4-8,22H,3H2,1-2H3;7H,4-6H2,1-3H3;2*4-8,11H,3H2,1-2H3. The van der Waals surface area contributed by atoms with Crippen LogP contribution in [0.2, 0.25) is 0 Å². The molecule has 678 valence electrons. The summed E-state index contributed by atoms with van der Waals surface area (Å²) in [6.45, 7) is 36.7. The number of halogens is 6. The zero-order chi connectivity index (χ0) is 91.7. The number of esters is 6. The van der Waals surface area contributed by atoms with Gasteiger partial charge < -0.3 is 59.1 Å². The summed E-state index contributed by atoms with van der Waals surface area (Å²) in [5.74, 6) is -0.274. The zero-order valence-electron chi connectivity index (χ0n) is 75.0. The number of aliphatic hydroxyl groups is 1. The number of phenols is 5. The van der Waals surface area contributed by atoms with E-state index in [1.54, 1.807) is 88.4 Å². The third-order valence-electron chi connectivity index (χ3n) is 24.7. The number of ether oxygens (including phenoxy) is 6. The molecule has 1 saturated heterocycles. The van der Waals surface area contributed by atoms with Crippen LogP contribution in [-0.4, -0.2) is 108 Å². The van der Waals surface area contributed by atoms with Gasteiger partial charge in [0.25, 0.3) is 5.60 Å². The van der Waals surface area contributed by atoms with Crippen LogP contribution in [0.4, 0.5) is 26.3 Å². The van der Waals surface area contributed by atoms with Crippen molar-refractivity contribution in [3.8, 4) is 34.5 Å². The van der Waals surface area contributed by atoms with Crippen molar-refractivity contribution in [1.82, 2.24) is 0 Å². The van der Waals surface area contributed by atoms with Gasteiger partial charge in [0.05, 0.1) is 17.9 Å². The van der Waals surface area contributed by atoms with Gasteiger partial charge in [0.15, 0.2) is 0 Å². The van der Waals surface area contributed by atoms with E-state index in [4.69, 9.17) is 38.6 Å². The second-order valence-corrected chi connectivity index (χ2v) is 33.5. The van der Waals surface area contributed by atoms with Gasteiger partial charge >= 0.3 is 48.2 Å². The van der Waals surface area contributed by atoms with Crippen LogP contribution in [0.3, 0.4) is 0 Å². The number of hydrogen-bond donors (Lipinski definition) is 6. The average molecular weight is 1720 g/mol. The molecule has 0 aromatic heterocycles. The lowest BCUT2D eigenvalue weighted by atomic mass is 9.90. The topological polar surface area (TPSA) is 279 Å². The summed E-state index contributed by atoms with van der Waals surface area (Å²) in [5.41, 5.74) is -1.22. The molecule has 1 heterocycles. The van der Waals surface area contributed by atoms with Gasteiger partial charge in [-0.05, 0) is 285 Å². The van der Waals surface area contributed by atoms with Gasteiger partial charge in [-0.2, -0.15) is 26.3 Å². The van der Waals surface area contributed by atoms with Crippen LogP contribution in [0.15, 0.2) is 127 Å². The van der Waals surface area contributed by atoms with E-state index in [2.05, 4.69) is 90.0 Å². The van der Waals surface area contributed by atoms with Gasteiger partial charge in [0.1, 0.15) is 68.0 Å². The number of rotatable bonds is 26. The molecule has 4 aliphatic rings. The van der Waals surface area contributed by atoms with E-state index >= 15 is 0 Å². The number of hydrogen-bond acceptors (Lipinski definition) is 18. The van der Waals surface area contributed by atoms with Crippen LogP contribution >= 0.6 is 0 Å². The van der Waals surface area contributed by atoms with Crippen molar-refractivity contribution in [2.24, 2.45) is 11.3 Å². The highest BCUT2D eigenvalue weighted by Gasteiger charge is 2.71. The Kier molecular flexibility index (Phi) is 41.9. The molecule has 6 N–H and O–H groups in total. The molecule has 0 radical (unpaired) electrons. The first-order valence-corrected chi connectivity index (χ1v) is 43.6. The third-order valence-corrected chi connectivity index (χ3v) is 24.7. The Hall–Kier alpha value is -9.32. The fraction of sp³-hybridized carbons (Fsp3) is 0.571. The van der Waals surface area contributed by atoms with E-state index < -0.39 is 52.9 Å². The van der Waals surface area contributed by atoms with Crippen LogP contribution in [-0.2, 0) is 43.7 Å². The molecule has 1 aliphatic heterocycles. The molecule has 24 heteroatoms. The first kappa shape index (κ1) is 105. The largest absolute Gasteiger partial charge is 0.508 e. The number of phenolic OH excluding ortho intramolecular Hbond substituents is 5. The molecule has 3 saturated carbocycles. The van der Waals surface area contributed by atoms with E-state index in [9.17, 15) is 75.5 Å². The van der Waals surface area contributed by atoms with Crippen LogP contribution in [0.25, 0.3) is 0 Å². The highest BCUT2D eigenvalue weighted by atomic mass is 19.4. The fourth-order valence-electron chi connectivity index (χ4n) is 13.9. The predicted molar refractivity (Wildman–Crippen MR) is 462 cm³/mol. The van der Waals surface area contributed by atoms with Crippen molar-refractivity contribution >= 4 is 35.8 Å². The number of alkyl halides is 6. The molecular formula is C98H136F6O18. The van der Waals surface area contributed by atoms with Gasteiger partial charge in [-0.25, -0.2) is 19.2 Å². The van der Waals surface area contributed by atoms with Crippen LogP contribution in [0, 0.1) is 11.3 Å². The monoisotopic (exact) mass is 1710 g/mol. The minimum atomic E-state index is -5.96. The fourth-order valence-corrected chi connectivity index (χ4v) is 13.9. The van der Waals surface area contributed by atoms with E-state index in [1.165, 1.54) is 11.1 Å². The molecule has 3 aliphatic carbocycles. The van der Waals surface area contributed by atoms with Gasteiger partial charge in [-0.1, -0.05) is 165 Å². The van der Waals surface area contributed by atoms with Crippen molar-refractivity contribution < 1.29 is 114 Å². The predicted octanol–water partition coefficient (Wildman–Crippen LogP) is 25.4. The molecule has 122 heavy (non-hydrogen) atoms. The van der Waals surface area contributed by atoms with Crippen molar-refractivity contribution in [3.05, 3.63) is 177 Å². The third kappa shape index (κ3) is 30.3. The highest BCUT2D eigenvalue weighted by molar-refractivity contribution is 5.94. The maximum absolute atomic E-state index is 12.7. The zero-order valence-corrected chi connectivity index (χ0v) is 75.0. The molecule has 0 amide bonds. The van der Waals surface area contributed by atoms with Gasteiger partial charge in [0, 0.05) is 12.0 Å². The molecule has 0 spiro atoms. The number of benzene rings is 6. The highest BCUT2D eigenvalue weighted by Crippen LogP contribution is 2.51. The minimum absolute atomic E-state index is 0.0105. The molecular weight excluding hydrogens is 1580 g/mol. The Bertz CT molecular complexity index is 3930. The molecule has 7 unspecified atom stereocenters. The Morgan fingerprint density at radius 3 is 0.984 bits per heavy atom. The maximum atomic E-state index is 12.7. The second kappa shape index (κ2) is 48.7. The van der Waals surface area contributed by atoms with Crippen molar-refractivity contribution in [3.63, 3.8) is 0 Å². The molecule has 0 bridgehead atoms. The lowest BCUT2D eigenvalue weighted by Gasteiger charge is -2.32. The van der Waals surface area contributed by atoms with Gasteiger partial charge in [0.2, 0.25) is 6.10 Å². The molecule has 4 fully saturated rings. The Morgan fingerprint density at radius 1 is 0.434 bits per heavy atom. The molecule has 10 rings (SSSR count). The van der Waals surface area contributed by atoms with E-state index in [0.717, 1.165) is 157 Å². The summed E-state index contributed by atoms with van der Waals surface area (Å²) in [7, 11) is 0. The molecule has 7 atom stereocenters. The summed E-state index contributed by atoms with van der Waals surface area (Å²) in [6.07, 6.45) is 9.07. The van der Waals surface area contributed by atoms with E-state index in [0.29, 0.717) is 95.8 Å². The van der Waals surface area contributed by atoms with Crippen LogP contribution < -0.4 is 4.74 Å².